The molecule has 4 heteroatoms. The van der Waals surface area contributed by atoms with Crippen molar-refractivity contribution in [3.63, 3.8) is 0 Å². The molecular weight excluding hydrogens is 190 g/mol. The Balaban J connectivity index is 2.25. The van der Waals surface area contributed by atoms with Crippen LogP contribution in [0.1, 0.15) is 5.56 Å². The fraction of sp³-hybridized carbons (Fsp3) is 0.0909. The summed E-state index contributed by atoms with van der Waals surface area (Å²) in [5.41, 5.74) is 1.80. The Kier molecular flexibility index (Phi) is 2.77. The molecule has 0 amide bonds. The first-order valence-electron chi connectivity index (χ1n) is 4.45. The molecule has 74 valence electrons. The van der Waals surface area contributed by atoms with Gasteiger partial charge in [0.1, 0.15) is 19.3 Å². The number of nitrogens with zero attached hydrogens (tertiary/aromatic N) is 3. The Morgan fingerprint density at radius 3 is 2.67 bits per heavy atom. The van der Waals surface area contributed by atoms with Gasteiger partial charge < -0.3 is 5.11 Å². The highest BCUT2D eigenvalue weighted by molar-refractivity contribution is 5.41. The van der Waals surface area contributed by atoms with Crippen LogP contribution >= 0.6 is 0 Å². The predicted molar refractivity (Wildman–Crippen MR) is 55.3 cm³/mol. The van der Waals surface area contributed by atoms with Crippen molar-refractivity contribution in [1.29, 1.82) is 0 Å². The van der Waals surface area contributed by atoms with Gasteiger partial charge in [-0.1, -0.05) is 11.8 Å². The Morgan fingerprint density at radius 2 is 2.07 bits per heavy atom. The normalized spacial score (nSPS) is 9.40. The van der Waals surface area contributed by atoms with Gasteiger partial charge >= 0.3 is 0 Å². The van der Waals surface area contributed by atoms with Gasteiger partial charge in [0.25, 0.3) is 0 Å². The van der Waals surface area contributed by atoms with Crippen molar-refractivity contribution in [2.45, 2.75) is 0 Å². The number of aromatic nitrogens is 3. The molecule has 0 fully saturated rings. The van der Waals surface area contributed by atoms with Crippen molar-refractivity contribution in [3.05, 3.63) is 42.5 Å². The van der Waals surface area contributed by atoms with Crippen LogP contribution in [0.3, 0.4) is 0 Å². The molecule has 1 aromatic heterocycles. The maximum Gasteiger partial charge on any atom is 0.138 e. The SMILES string of the molecule is OCC#Cc1ccc(-n2cncn2)cc1. The van der Waals surface area contributed by atoms with Crippen molar-refractivity contribution >= 4 is 0 Å². The second-order valence-corrected chi connectivity index (χ2v) is 2.85. The fourth-order valence-electron chi connectivity index (χ4n) is 1.18. The van der Waals surface area contributed by atoms with Crippen molar-refractivity contribution in [3.8, 4) is 17.5 Å². The molecule has 0 aliphatic carbocycles. The molecule has 1 heterocycles. The molecule has 2 rings (SSSR count). The maximum atomic E-state index is 8.54. The second-order valence-electron chi connectivity index (χ2n) is 2.85. The first-order chi connectivity index (χ1) is 7.40. The zero-order valence-electron chi connectivity index (χ0n) is 7.96. The van der Waals surface area contributed by atoms with Gasteiger partial charge in [-0.3, -0.25) is 0 Å². The quantitative estimate of drug-likeness (QED) is 0.685. The van der Waals surface area contributed by atoms with Crippen molar-refractivity contribution < 1.29 is 5.11 Å². The third kappa shape index (κ3) is 2.22. The minimum Gasteiger partial charge on any atom is -0.384 e. The molecule has 0 saturated heterocycles. The van der Waals surface area contributed by atoms with Gasteiger partial charge in [-0.05, 0) is 24.3 Å². The second kappa shape index (κ2) is 4.40. The van der Waals surface area contributed by atoms with Crippen LogP contribution in [-0.4, -0.2) is 26.5 Å². The molecule has 0 aliphatic heterocycles. The van der Waals surface area contributed by atoms with Gasteiger partial charge in [-0.2, -0.15) is 5.10 Å². The van der Waals surface area contributed by atoms with E-state index in [0.717, 1.165) is 11.3 Å². The smallest absolute Gasteiger partial charge is 0.138 e. The monoisotopic (exact) mass is 199 g/mol. The summed E-state index contributed by atoms with van der Waals surface area (Å²) < 4.78 is 1.67. The maximum absolute atomic E-state index is 8.54. The van der Waals surface area contributed by atoms with Gasteiger partial charge in [-0.15, -0.1) is 0 Å². The van der Waals surface area contributed by atoms with Crippen LogP contribution in [0.2, 0.25) is 0 Å². The summed E-state index contributed by atoms with van der Waals surface area (Å²) in [4.78, 5) is 3.86. The summed E-state index contributed by atoms with van der Waals surface area (Å²) in [5.74, 6) is 5.41. The molecular formula is C11H9N3O. The van der Waals surface area contributed by atoms with Gasteiger partial charge in [0.2, 0.25) is 0 Å². The molecule has 0 aliphatic rings. The lowest BCUT2D eigenvalue weighted by Crippen LogP contribution is -1.93. The van der Waals surface area contributed by atoms with E-state index in [-0.39, 0.29) is 6.61 Å². The molecule has 15 heavy (non-hydrogen) atoms. The van der Waals surface area contributed by atoms with Crippen molar-refractivity contribution in [2.24, 2.45) is 0 Å². The fourth-order valence-corrected chi connectivity index (χ4v) is 1.18. The standard InChI is InChI=1S/C11H9N3O/c15-7-1-2-10-3-5-11(6-4-10)14-9-12-8-13-14/h3-6,8-9,15H,7H2. The van der Waals surface area contributed by atoms with E-state index in [0.29, 0.717) is 0 Å². The number of aliphatic hydroxyl groups excluding tert-OH is 1. The summed E-state index contributed by atoms with van der Waals surface area (Å²) in [5, 5.41) is 12.5. The molecule has 1 N–H and O–H groups in total. The van der Waals surface area contributed by atoms with E-state index >= 15 is 0 Å². The number of benzene rings is 1. The predicted octanol–water partition coefficient (Wildman–Crippen LogP) is 0.611. The van der Waals surface area contributed by atoms with E-state index in [9.17, 15) is 0 Å². The van der Waals surface area contributed by atoms with Gasteiger partial charge in [0.15, 0.2) is 0 Å². The molecule has 0 atom stereocenters. The van der Waals surface area contributed by atoms with Crippen LogP contribution in [0.15, 0.2) is 36.9 Å². The molecule has 0 bridgehead atoms. The number of hydrogen-bond acceptors (Lipinski definition) is 3. The molecule has 1 aromatic carbocycles. The average Bonchev–Trinajstić information content (AvgIpc) is 2.80. The van der Waals surface area contributed by atoms with E-state index in [2.05, 4.69) is 21.9 Å². The van der Waals surface area contributed by atoms with E-state index in [1.54, 1.807) is 11.0 Å². The van der Waals surface area contributed by atoms with E-state index in [1.165, 1.54) is 6.33 Å². The molecule has 0 spiro atoms. The molecule has 0 unspecified atom stereocenters. The average molecular weight is 199 g/mol. The minimum atomic E-state index is -0.120. The van der Waals surface area contributed by atoms with E-state index in [4.69, 9.17) is 5.11 Å². The number of aliphatic hydroxyl groups is 1. The number of hydrogen-bond donors (Lipinski definition) is 1. The third-order valence-corrected chi connectivity index (χ3v) is 1.86. The summed E-state index contributed by atoms with van der Waals surface area (Å²) in [6.45, 7) is -0.120. The lowest BCUT2D eigenvalue weighted by atomic mass is 10.2. The van der Waals surface area contributed by atoms with Gasteiger partial charge in [0, 0.05) is 5.56 Å². The van der Waals surface area contributed by atoms with Crippen LogP contribution in [-0.2, 0) is 0 Å². The van der Waals surface area contributed by atoms with E-state index in [1.807, 2.05) is 24.3 Å². The van der Waals surface area contributed by atoms with Gasteiger partial charge in [0.05, 0.1) is 5.69 Å². The highest BCUT2D eigenvalue weighted by atomic mass is 16.2. The lowest BCUT2D eigenvalue weighted by molar-refractivity contribution is 0.350. The van der Waals surface area contributed by atoms with Crippen LogP contribution in [0.25, 0.3) is 5.69 Å². The van der Waals surface area contributed by atoms with Crippen LogP contribution in [0, 0.1) is 11.8 Å². The highest BCUT2D eigenvalue weighted by Crippen LogP contribution is 2.06. The first kappa shape index (κ1) is 9.44. The minimum absolute atomic E-state index is 0.120. The summed E-state index contributed by atoms with van der Waals surface area (Å²) in [6, 6.07) is 7.55. The summed E-state index contributed by atoms with van der Waals surface area (Å²) in [7, 11) is 0. The summed E-state index contributed by atoms with van der Waals surface area (Å²) >= 11 is 0. The molecule has 4 nitrogen and oxygen atoms in total. The molecule has 0 saturated carbocycles. The van der Waals surface area contributed by atoms with E-state index < -0.39 is 0 Å². The Bertz CT molecular complexity index is 477. The molecule has 2 aromatic rings. The first-order valence-corrected chi connectivity index (χ1v) is 4.45. The van der Waals surface area contributed by atoms with Crippen LogP contribution in [0.5, 0.6) is 0 Å². The number of rotatable bonds is 1. The van der Waals surface area contributed by atoms with Crippen molar-refractivity contribution in [1.82, 2.24) is 14.8 Å². The zero-order valence-corrected chi connectivity index (χ0v) is 7.96. The van der Waals surface area contributed by atoms with Crippen LogP contribution in [0.4, 0.5) is 0 Å². The topological polar surface area (TPSA) is 50.9 Å². The highest BCUT2D eigenvalue weighted by Gasteiger charge is 1.95. The molecule has 0 radical (unpaired) electrons. The van der Waals surface area contributed by atoms with Crippen molar-refractivity contribution in [2.75, 3.05) is 6.61 Å². The zero-order chi connectivity index (χ0) is 10.5. The van der Waals surface area contributed by atoms with Crippen LogP contribution < -0.4 is 0 Å². The Labute approximate surface area is 87.2 Å². The Morgan fingerprint density at radius 1 is 1.27 bits per heavy atom. The lowest BCUT2D eigenvalue weighted by Gasteiger charge is -1.99. The van der Waals surface area contributed by atoms with Gasteiger partial charge in [-0.25, -0.2) is 9.67 Å². The summed E-state index contributed by atoms with van der Waals surface area (Å²) in [6.07, 6.45) is 3.12. The largest absolute Gasteiger partial charge is 0.384 e. The Hall–Kier alpha value is -2.12. The third-order valence-electron chi connectivity index (χ3n) is 1.86.